The molecule has 3 aromatic carbocycles. The first kappa shape index (κ1) is 17.2. The van der Waals surface area contributed by atoms with Crippen molar-refractivity contribution in [2.24, 2.45) is 5.73 Å². The van der Waals surface area contributed by atoms with E-state index in [1.165, 1.54) is 30.3 Å². The molecule has 26 heavy (non-hydrogen) atoms. The molecular weight excluding hydrogens is 326 g/mol. The first-order chi connectivity index (χ1) is 12.6. The van der Waals surface area contributed by atoms with Crippen LogP contribution in [0.2, 0.25) is 0 Å². The Kier molecular flexibility index (Phi) is 5.25. The van der Waals surface area contributed by atoms with Gasteiger partial charge in [0.25, 0.3) is 0 Å². The molecule has 0 spiro atoms. The Bertz CT molecular complexity index is 945. The highest BCUT2D eigenvalue weighted by molar-refractivity contribution is 5.93. The van der Waals surface area contributed by atoms with Crippen molar-refractivity contribution in [1.82, 2.24) is 0 Å². The van der Waals surface area contributed by atoms with Gasteiger partial charge in [-0.3, -0.25) is 4.79 Å². The Morgan fingerprint density at radius 2 is 1.50 bits per heavy atom. The van der Waals surface area contributed by atoms with Gasteiger partial charge >= 0.3 is 5.97 Å². The Hall–Kier alpha value is -3.66. The highest BCUT2D eigenvalue weighted by atomic mass is 16.5. The molecule has 0 aliphatic rings. The van der Waals surface area contributed by atoms with Gasteiger partial charge in [-0.1, -0.05) is 48.5 Å². The van der Waals surface area contributed by atoms with Crippen molar-refractivity contribution >= 4 is 18.0 Å². The number of hydrogen-bond donors (Lipinski definition) is 1. The van der Waals surface area contributed by atoms with E-state index >= 15 is 0 Å². The molecule has 4 nitrogen and oxygen atoms in total. The van der Waals surface area contributed by atoms with Crippen molar-refractivity contribution in [1.29, 1.82) is 0 Å². The number of nitrogens with two attached hydrogens (primary N) is 1. The second kappa shape index (κ2) is 7.94. The zero-order valence-electron chi connectivity index (χ0n) is 14.0. The third kappa shape index (κ3) is 4.45. The smallest absolute Gasteiger partial charge is 0.336 e. The molecule has 0 fully saturated rings. The summed E-state index contributed by atoms with van der Waals surface area (Å²) in [5.74, 6) is -0.675. The van der Waals surface area contributed by atoms with Crippen LogP contribution < -0.4 is 10.5 Å². The largest absolute Gasteiger partial charge is 0.423 e. The summed E-state index contributed by atoms with van der Waals surface area (Å²) in [4.78, 5) is 23.0. The predicted molar refractivity (Wildman–Crippen MR) is 102 cm³/mol. The molecule has 3 aromatic rings. The van der Waals surface area contributed by atoms with Crippen LogP contribution >= 0.6 is 0 Å². The van der Waals surface area contributed by atoms with Crippen LogP contribution in [0.4, 0.5) is 0 Å². The standard InChI is InChI=1S/C22H17NO3/c23-22(25)18-10-12-20(13-11-18)26-21(24)14-9-16-5-4-8-19(15-16)17-6-2-1-3-7-17/h1-15H,(H2,23,25)/b14-9+. The summed E-state index contributed by atoms with van der Waals surface area (Å²) in [6.45, 7) is 0. The normalized spacial score (nSPS) is 10.6. The van der Waals surface area contributed by atoms with Crippen molar-refractivity contribution in [3.63, 3.8) is 0 Å². The fraction of sp³-hybridized carbons (Fsp3) is 0. The first-order valence-electron chi connectivity index (χ1n) is 8.07. The average Bonchev–Trinajstić information content (AvgIpc) is 2.68. The van der Waals surface area contributed by atoms with Crippen molar-refractivity contribution in [2.75, 3.05) is 0 Å². The molecule has 0 radical (unpaired) electrons. The van der Waals surface area contributed by atoms with Gasteiger partial charge in [-0.2, -0.15) is 0 Å². The fourth-order valence-electron chi connectivity index (χ4n) is 2.45. The maximum atomic E-state index is 12.0. The number of primary amides is 1. The third-order valence-electron chi connectivity index (χ3n) is 3.76. The van der Waals surface area contributed by atoms with E-state index in [2.05, 4.69) is 0 Å². The van der Waals surface area contributed by atoms with E-state index in [0.717, 1.165) is 16.7 Å². The molecule has 1 amide bonds. The summed E-state index contributed by atoms with van der Waals surface area (Å²) in [7, 11) is 0. The number of esters is 1. The van der Waals surface area contributed by atoms with Gasteiger partial charge in [0, 0.05) is 11.6 Å². The molecule has 0 heterocycles. The molecule has 0 unspecified atom stereocenters. The summed E-state index contributed by atoms with van der Waals surface area (Å²) in [6, 6.07) is 24.0. The van der Waals surface area contributed by atoms with E-state index in [0.29, 0.717) is 11.3 Å². The van der Waals surface area contributed by atoms with Crippen LogP contribution in [0, 0.1) is 0 Å². The van der Waals surface area contributed by atoms with Gasteiger partial charge < -0.3 is 10.5 Å². The molecule has 2 N–H and O–H groups in total. The zero-order chi connectivity index (χ0) is 18.4. The number of hydrogen-bond acceptors (Lipinski definition) is 3. The summed E-state index contributed by atoms with van der Waals surface area (Å²) in [6.07, 6.45) is 3.07. The van der Waals surface area contributed by atoms with Crippen molar-refractivity contribution in [2.45, 2.75) is 0 Å². The second-order valence-corrected chi connectivity index (χ2v) is 5.63. The Morgan fingerprint density at radius 1 is 0.808 bits per heavy atom. The van der Waals surface area contributed by atoms with E-state index in [9.17, 15) is 9.59 Å². The molecule has 0 aliphatic carbocycles. The summed E-state index contributed by atoms with van der Waals surface area (Å²) in [5.41, 5.74) is 8.61. The maximum Gasteiger partial charge on any atom is 0.336 e. The molecular formula is C22H17NO3. The predicted octanol–water partition coefficient (Wildman–Crippen LogP) is 4.07. The molecule has 3 rings (SSSR count). The molecule has 0 atom stereocenters. The summed E-state index contributed by atoms with van der Waals surface area (Å²) in [5, 5.41) is 0. The van der Waals surface area contributed by atoms with Gasteiger partial charge in [-0.25, -0.2) is 4.79 Å². The van der Waals surface area contributed by atoms with Crippen molar-refractivity contribution in [3.05, 3.63) is 96.1 Å². The minimum atomic E-state index is -0.527. The number of rotatable bonds is 5. The highest BCUT2D eigenvalue weighted by Gasteiger charge is 2.04. The lowest BCUT2D eigenvalue weighted by molar-refractivity contribution is -0.128. The molecule has 0 aromatic heterocycles. The van der Waals surface area contributed by atoms with Crippen LogP contribution in [0.1, 0.15) is 15.9 Å². The lowest BCUT2D eigenvalue weighted by atomic mass is 10.0. The maximum absolute atomic E-state index is 12.0. The summed E-state index contributed by atoms with van der Waals surface area (Å²) < 4.78 is 5.21. The van der Waals surface area contributed by atoms with E-state index in [1.54, 1.807) is 6.08 Å². The van der Waals surface area contributed by atoms with Gasteiger partial charge in [0.2, 0.25) is 5.91 Å². The van der Waals surface area contributed by atoms with Crippen LogP contribution in [0.15, 0.2) is 84.9 Å². The van der Waals surface area contributed by atoms with E-state index in [1.807, 2.05) is 54.6 Å². The van der Waals surface area contributed by atoms with Crippen LogP contribution in [0.5, 0.6) is 5.75 Å². The van der Waals surface area contributed by atoms with Gasteiger partial charge in [-0.15, -0.1) is 0 Å². The minimum Gasteiger partial charge on any atom is -0.423 e. The Labute approximate surface area is 151 Å². The van der Waals surface area contributed by atoms with Gasteiger partial charge in [0.05, 0.1) is 0 Å². The quantitative estimate of drug-likeness (QED) is 0.431. The lowest BCUT2D eigenvalue weighted by Crippen LogP contribution is -2.10. The molecule has 4 heteroatoms. The molecule has 128 valence electrons. The minimum absolute atomic E-state index is 0.350. The van der Waals surface area contributed by atoms with E-state index in [4.69, 9.17) is 10.5 Å². The topological polar surface area (TPSA) is 69.4 Å². The molecule has 0 saturated carbocycles. The summed E-state index contributed by atoms with van der Waals surface area (Å²) >= 11 is 0. The van der Waals surface area contributed by atoms with E-state index in [-0.39, 0.29) is 0 Å². The number of ether oxygens (including phenoxy) is 1. The SMILES string of the molecule is NC(=O)c1ccc(OC(=O)/C=C/c2cccc(-c3ccccc3)c2)cc1. The van der Waals surface area contributed by atoms with Gasteiger partial charge in [0.15, 0.2) is 0 Å². The van der Waals surface area contributed by atoms with E-state index < -0.39 is 11.9 Å². The Morgan fingerprint density at radius 3 is 2.19 bits per heavy atom. The lowest BCUT2D eigenvalue weighted by Gasteiger charge is -2.03. The van der Waals surface area contributed by atoms with Gasteiger partial charge in [0.1, 0.15) is 5.75 Å². The van der Waals surface area contributed by atoms with Crippen molar-refractivity contribution in [3.8, 4) is 16.9 Å². The number of amides is 1. The molecule has 0 saturated heterocycles. The number of carbonyl (C=O) groups excluding carboxylic acids is 2. The average molecular weight is 343 g/mol. The van der Waals surface area contributed by atoms with Crippen LogP contribution in [0.3, 0.4) is 0 Å². The van der Waals surface area contributed by atoms with Crippen LogP contribution in [-0.2, 0) is 4.79 Å². The number of benzene rings is 3. The van der Waals surface area contributed by atoms with Crippen LogP contribution in [-0.4, -0.2) is 11.9 Å². The zero-order valence-corrected chi connectivity index (χ0v) is 14.0. The number of carbonyl (C=O) groups is 2. The van der Waals surface area contributed by atoms with Gasteiger partial charge in [-0.05, 0) is 53.1 Å². The fourth-order valence-corrected chi connectivity index (χ4v) is 2.45. The van der Waals surface area contributed by atoms with Crippen molar-refractivity contribution < 1.29 is 14.3 Å². The third-order valence-corrected chi connectivity index (χ3v) is 3.76. The van der Waals surface area contributed by atoms with Crippen LogP contribution in [0.25, 0.3) is 17.2 Å². The first-order valence-corrected chi connectivity index (χ1v) is 8.07. The monoisotopic (exact) mass is 343 g/mol. The molecule has 0 bridgehead atoms. The highest BCUT2D eigenvalue weighted by Crippen LogP contribution is 2.20. The Balaban J connectivity index is 1.67. The second-order valence-electron chi connectivity index (χ2n) is 5.63. The molecule has 0 aliphatic heterocycles.